The van der Waals surface area contributed by atoms with Gasteiger partial charge in [-0.05, 0) is 41.8 Å². The van der Waals surface area contributed by atoms with Crippen molar-refractivity contribution in [2.24, 2.45) is 4.99 Å². The maximum Gasteiger partial charge on any atom is 0.269 e. The summed E-state index contributed by atoms with van der Waals surface area (Å²) in [4.78, 5) is 19.3. The van der Waals surface area contributed by atoms with Crippen molar-refractivity contribution in [1.82, 2.24) is 15.6 Å². The second kappa shape index (κ2) is 13.3. The lowest BCUT2D eigenvalue weighted by molar-refractivity contribution is -0.384. The molecule has 0 aliphatic heterocycles. The van der Waals surface area contributed by atoms with Crippen molar-refractivity contribution in [3.05, 3.63) is 99.9 Å². The molecule has 0 bridgehead atoms. The number of non-ortho nitro benzene ring substituents is 1. The van der Waals surface area contributed by atoms with Crippen molar-refractivity contribution in [3.8, 4) is 5.75 Å². The van der Waals surface area contributed by atoms with Gasteiger partial charge in [-0.2, -0.15) is 0 Å². The van der Waals surface area contributed by atoms with Crippen molar-refractivity contribution in [2.75, 3.05) is 13.7 Å². The summed E-state index contributed by atoms with van der Waals surface area (Å²) >= 11 is 0. The Hall–Kier alpha value is -3.21. The molecule has 168 valence electrons. The minimum atomic E-state index is -0.409. The van der Waals surface area contributed by atoms with Crippen LogP contribution in [-0.2, 0) is 19.5 Å². The lowest BCUT2D eigenvalue weighted by atomic mass is 10.1. The van der Waals surface area contributed by atoms with E-state index in [1.165, 1.54) is 17.7 Å². The summed E-state index contributed by atoms with van der Waals surface area (Å²) < 4.78 is 5.19. The van der Waals surface area contributed by atoms with Crippen molar-refractivity contribution in [1.29, 1.82) is 0 Å². The third kappa shape index (κ3) is 8.14. The number of nitrogens with zero attached hydrogens (tertiary/aromatic N) is 3. The van der Waals surface area contributed by atoms with E-state index in [1.807, 2.05) is 42.5 Å². The predicted octanol–water partition coefficient (Wildman–Crippen LogP) is 4.09. The van der Waals surface area contributed by atoms with Crippen LogP contribution >= 0.6 is 24.0 Å². The average Bonchev–Trinajstić information content (AvgIpc) is 2.81. The fourth-order valence-electron chi connectivity index (χ4n) is 2.86. The van der Waals surface area contributed by atoms with E-state index in [0.29, 0.717) is 25.6 Å². The summed E-state index contributed by atoms with van der Waals surface area (Å²) in [7, 11) is 1.65. The second-order valence-electron chi connectivity index (χ2n) is 6.79. The summed E-state index contributed by atoms with van der Waals surface area (Å²) in [6.45, 7) is 1.63. The number of nitro groups is 1. The minimum Gasteiger partial charge on any atom is -0.497 e. The van der Waals surface area contributed by atoms with Gasteiger partial charge in [-0.15, -0.1) is 24.0 Å². The molecule has 9 heteroatoms. The van der Waals surface area contributed by atoms with Gasteiger partial charge in [-0.3, -0.25) is 15.1 Å². The first kappa shape index (κ1) is 25.1. The van der Waals surface area contributed by atoms with Crippen LogP contribution in [0.15, 0.2) is 77.9 Å². The first-order chi connectivity index (χ1) is 15.1. The number of nitrogens with one attached hydrogen (secondary N) is 2. The first-order valence-electron chi connectivity index (χ1n) is 9.92. The molecule has 0 saturated carbocycles. The largest absolute Gasteiger partial charge is 0.497 e. The van der Waals surface area contributed by atoms with E-state index in [1.54, 1.807) is 25.4 Å². The van der Waals surface area contributed by atoms with E-state index in [9.17, 15) is 10.1 Å². The number of benzene rings is 2. The number of methoxy groups -OCH3 is 1. The van der Waals surface area contributed by atoms with Crippen LogP contribution in [-0.4, -0.2) is 29.5 Å². The number of halogens is 1. The molecule has 3 rings (SSSR count). The van der Waals surface area contributed by atoms with Gasteiger partial charge in [0.25, 0.3) is 5.69 Å². The van der Waals surface area contributed by atoms with E-state index < -0.39 is 4.92 Å². The fourth-order valence-corrected chi connectivity index (χ4v) is 2.86. The molecule has 0 fully saturated rings. The third-order valence-electron chi connectivity index (χ3n) is 4.60. The van der Waals surface area contributed by atoms with E-state index >= 15 is 0 Å². The summed E-state index contributed by atoms with van der Waals surface area (Å²) in [6.07, 6.45) is 2.58. The molecule has 8 nitrogen and oxygen atoms in total. The number of hydrogen-bond donors (Lipinski definition) is 2. The van der Waals surface area contributed by atoms with E-state index in [4.69, 9.17) is 4.74 Å². The van der Waals surface area contributed by atoms with E-state index in [0.717, 1.165) is 23.4 Å². The fraction of sp³-hybridized carbons (Fsp3) is 0.217. The van der Waals surface area contributed by atoms with Gasteiger partial charge in [0.05, 0.1) is 30.8 Å². The van der Waals surface area contributed by atoms with Crippen LogP contribution < -0.4 is 15.4 Å². The van der Waals surface area contributed by atoms with Crippen molar-refractivity contribution < 1.29 is 9.66 Å². The Labute approximate surface area is 204 Å². The molecule has 0 radical (unpaired) electrons. The highest BCUT2D eigenvalue weighted by molar-refractivity contribution is 14.0. The number of rotatable bonds is 9. The quantitative estimate of drug-likeness (QED) is 0.138. The van der Waals surface area contributed by atoms with Crippen LogP contribution in [0.25, 0.3) is 0 Å². The highest BCUT2D eigenvalue weighted by Crippen LogP contribution is 2.13. The molecule has 1 aromatic heterocycles. The molecular formula is C23H26IN5O3. The number of aromatic nitrogens is 1. The molecule has 0 saturated heterocycles. The number of aliphatic imine (C=N–C) groups is 1. The zero-order valence-electron chi connectivity index (χ0n) is 17.7. The van der Waals surface area contributed by atoms with Crippen LogP contribution in [0.3, 0.4) is 0 Å². The Morgan fingerprint density at radius 3 is 2.38 bits per heavy atom. The summed E-state index contributed by atoms with van der Waals surface area (Å²) in [5.41, 5.74) is 3.05. The molecule has 1 heterocycles. The topological polar surface area (TPSA) is 102 Å². The lowest BCUT2D eigenvalue weighted by Gasteiger charge is -2.13. The van der Waals surface area contributed by atoms with Crippen molar-refractivity contribution in [2.45, 2.75) is 19.5 Å². The van der Waals surface area contributed by atoms with Gasteiger partial charge in [0.1, 0.15) is 5.75 Å². The molecule has 32 heavy (non-hydrogen) atoms. The minimum absolute atomic E-state index is 0. The summed E-state index contributed by atoms with van der Waals surface area (Å²) in [6, 6.07) is 20.1. The molecule has 0 amide bonds. The highest BCUT2D eigenvalue weighted by Gasteiger charge is 2.05. The first-order valence-corrected chi connectivity index (χ1v) is 9.92. The predicted molar refractivity (Wildman–Crippen MR) is 135 cm³/mol. The van der Waals surface area contributed by atoms with E-state index in [2.05, 4.69) is 20.6 Å². The van der Waals surface area contributed by atoms with E-state index in [-0.39, 0.29) is 29.7 Å². The molecule has 0 atom stereocenters. The van der Waals surface area contributed by atoms with Crippen molar-refractivity contribution in [3.63, 3.8) is 0 Å². The van der Waals surface area contributed by atoms with Gasteiger partial charge in [-0.25, -0.2) is 4.99 Å². The van der Waals surface area contributed by atoms with Gasteiger partial charge in [0.2, 0.25) is 0 Å². The van der Waals surface area contributed by atoms with Gasteiger partial charge >= 0.3 is 0 Å². The maximum absolute atomic E-state index is 10.8. The Bertz CT molecular complexity index is 996. The zero-order valence-corrected chi connectivity index (χ0v) is 20.1. The second-order valence-corrected chi connectivity index (χ2v) is 6.79. The third-order valence-corrected chi connectivity index (χ3v) is 4.60. The highest BCUT2D eigenvalue weighted by atomic mass is 127. The lowest BCUT2D eigenvalue weighted by Crippen LogP contribution is -2.38. The Kier molecular flexibility index (Phi) is 10.4. The SMILES string of the molecule is COc1ccc(CCNC(=NCc2ccc([N+](=O)[O-])cc2)NCc2ccccn2)cc1.I. The van der Waals surface area contributed by atoms with Crippen LogP contribution in [0.4, 0.5) is 5.69 Å². The molecular weight excluding hydrogens is 521 g/mol. The van der Waals surface area contributed by atoms with Crippen molar-refractivity contribution >= 4 is 35.6 Å². The molecule has 2 N–H and O–H groups in total. The van der Waals surface area contributed by atoms with Crippen LogP contribution in [0.1, 0.15) is 16.8 Å². The number of hydrogen-bond acceptors (Lipinski definition) is 5. The normalized spacial score (nSPS) is 10.7. The molecule has 0 spiro atoms. The summed E-state index contributed by atoms with van der Waals surface area (Å²) in [5.74, 6) is 1.48. The molecule has 0 unspecified atom stereocenters. The Morgan fingerprint density at radius 2 is 1.75 bits per heavy atom. The average molecular weight is 547 g/mol. The van der Waals surface area contributed by atoms with Gasteiger partial charge < -0.3 is 15.4 Å². The molecule has 2 aromatic carbocycles. The molecule has 3 aromatic rings. The van der Waals surface area contributed by atoms with Crippen LogP contribution in [0.5, 0.6) is 5.75 Å². The maximum atomic E-state index is 10.8. The smallest absolute Gasteiger partial charge is 0.269 e. The van der Waals surface area contributed by atoms with Gasteiger partial charge in [-0.1, -0.05) is 30.3 Å². The number of guanidine groups is 1. The Balaban J connectivity index is 0.00000363. The molecule has 0 aliphatic rings. The number of pyridine rings is 1. The number of nitro benzene ring substituents is 1. The zero-order chi connectivity index (χ0) is 21.9. The van der Waals surface area contributed by atoms with Crippen LogP contribution in [0, 0.1) is 10.1 Å². The van der Waals surface area contributed by atoms with Gasteiger partial charge in [0.15, 0.2) is 5.96 Å². The monoisotopic (exact) mass is 547 g/mol. The van der Waals surface area contributed by atoms with Gasteiger partial charge in [0, 0.05) is 24.9 Å². The number of ether oxygens (including phenoxy) is 1. The summed E-state index contributed by atoms with van der Waals surface area (Å²) in [5, 5.41) is 17.4. The standard InChI is InChI=1S/C23H25N5O3.HI/c1-31-22-11-7-18(8-12-22)13-15-25-23(27-17-20-4-2-3-14-24-20)26-16-19-5-9-21(10-6-19)28(29)30;/h2-12,14H,13,15-17H2,1H3,(H2,25,26,27);1H. The molecule has 0 aliphatic carbocycles. The van der Waals surface area contributed by atoms with Crippen LogP contribution in [0.2, 0.25) is 0 Å². The Morgan fingerprint density at radius 1 is 1.03 bits per heavy atom.